The van der Waals surface area contributed by atoms with Crippen LogP contribution in [0, 0.1) is 0 Å². The first-order chi connectivity index (χ1) is 8.18. The van der Waals surface area contributed by atoms with Crippen LogP contribution in [-0.2, 0) is 0 Å². The van der Waals surface area contributed by atoms with Gasteiger partial charge in [0.15, 0.2) is 0 Å². The first kappa shape index (κ1) is 16.9. The molecule has 0 rings (SSSR count). The molecular formula is C15H32O2. The van der Waals surface area contributed by atoms with Crippen LogP contribution in [0.3, 0.4) is 0 Å². The molecule has 0 fully saturated rings. The van der Waals surface area contributed by atoms with E-state index in [-0.39, 0.29) is 6.61 Å². The van der Waals surface area contributed by atoms with Crippen molar-refractivity contribution < 1.29 is 10.2 Å². The Kier molecular flexibility index (Phi) is 11.0. The van der Waals surface area contributed by atoms with Crippen LogP contribution in [0.4, 0.5) is 0 Å². The van der Waals surface area contributed by atoms with Crippen LogP contribution < -0.4 is 0 Å². The van der Waals surface area contributed by atoms with Gasteiger partial charge in [-0.3, -0.25) is 0 Å². The zero-order valence-electron chi connectivity index (χ0n) is 11.9. The molecule has 0 saturated carbocycles. The van der Waals surface area contributed by atoms with Gasteiger partial charge < -0.3 is 10.2 Å². The molecule has 0 heterocycles. The number of hydrogen-bond donors (Lipinski definition) is 2. The first-order valence-electron chi connectivity index (χ1n) is 7.51. The van der Waals surface area contributed by atoms with Crippen LogP contribution in [0.5, 0.6) is 0 Å². The average Bonchev–Trinajstić information content (AvgIpc) is 2.28. The molecule has 0 aliphatic heterocycles. The highest BCUT2D eigenvalue weighted by Crippen LogP contribution is 2.24. The Labute approximate surface area is 107 Å². The van der Waals surface area contributed by atoms with Crippen molar-refractivity contribution in [1.82, 2.24) is 0 Å². The number of unbranched alkanes of at least 4 members (excludes halogenated alkanes) is 6. The summed E-state index contributed by atoms with van der Waals surface area (Å²) < 4.78 is 0. The molecule has 104 valence electrons. The fraction of sp³-hybridized carbons (Fsp3) is 1.00. The van der Waals surface area contributed by atoms with Gasteiger partial charge in [0.2, 0.25) is 0 Å². The molecule has 0 aliphatic carbocycles. The lowest BCUT2D eigenvalue weighted by Gasteiger charge is -2.27. The van der Waals surface area contributed by atoms with E-state index in [1.807, 2.05) is 0 Å². The summed E-state index contributed by atoms with van der Waals surface area (Å²) in [7, 11) is 0. The minimum Gasteiger partial charge on any atom is -0.396 e. The van der Waals surface area contributed by atoms with E-state index in [1.165, 1.54) is 38.5 Å². The average molecular weight is 244 g/mol. The van der Waals surface area contributed by atoms with Gasteiger partial charge in [-0.15, -0.1) is 0 Å². The molecule has 1 unspecified atom stereocenters. The summed E-state index contributed by atoms with van der Waals surface area (Å²) in [6, 6.07) is 0. The molecule has 0 saturated heterocycles. The third kappa shape index (κ3) is 9.61. The maximum Gasteiger partial charge on any atom is 0.0669 e. The minimum atomic E-state index is -0.604. The maximum absolute atomic E-state index is 10.3. The van der Waals surface area contributed by atoms with E-state index >= 15 is 0 Å². The first-order valence-corrected chi connectivity index (χ1v) is 7.51. The largest absolute Gasteiger partial charge is 0.396 e. The van der Waals surface area contributed by atoms with Crippen LogP contribution in [-0.4, -0.2) is 22.4 Å². The summed E-state index contributed by atoms with van der Waals surface area (Å²) in [5, 5.41) is 19.3. The Morgan fingerprint density at radius 2 is 1.29 bits per heavy atom. The predicted octanol–water partition coefficient (Wildman–Crippen LogP) is 4.04. The lowest BCUT2D eigenvalue weighted by molar-refractivity contribution is -0.00253. The molecule has 0 spiro atoms. The molecule has 2 N–H and O–H groups in total. The van der Waals surface area contributed by atoms with Crippen molar-refractivity contribution in [3.63, 3.8) is 0 Å². The van der Waals surface area contributed by atoms with Crippen LogP contribution in [0.15, 0.2) is 0 Å². The highest BCUT2D eigenvalue weighted by atomic mass is 16.3. The van der Waals surface area contributed by atoms with E-state index in [0.29, 0.717) is 6.42 Å². The molecule has 2 nitrogen and oxygen atoms in total. The fourth-order valence-corrected chi connectivity index (χ4v) is 2.46. The molecule has 17 heavy (non-hydrogen) atoms. The highest BCUT2D eigenvalue weighted by molar-refractivity contribution is 4.77. The van der Waals surface area contributed by atoms with E-state index in [4.69, 9.17) is 5.11 Å². The van der Waals surface area contributed by atoms with Crippen LogP contribution >= 0.6 is 0 Å². The monoisotopic (exact) mass is 244 g/mol. The van der Waals surface area contributed by atoms with Gasteiger partial charge >= 0.3 is 0 Å². The smallest absolute Gasteiger partial charge is 0.0669 e. The van der Waals surface area contributed by atoms with Gasteiger partial charge in [0.25, 0.3) is 0 Å². The Morgan fingerprint density at radius 3 is 1.82 bits per heavy atom. The molecule has 0 radical (unpaired) electrons. The molecule has 0 aromatic heterocycles. The van der Waals surface area contributed by atoms with Crippen molar-refractivity contribution in [2.45, 2.75) is 90.1 Å². The zero-order chi connectivity index (χ0) is 13.0. The standard InChI is InChI=1S/C15H32O2/c1-3-5-6-7-8-9-10-12-15(17,11-4-2)13-14-16/h16-17H,3-14H2,1-2H3. The molecule has 1 atom stereocenters. The molecule has 2 heteroatoms. The Bertz CT molecular complexity index is 151. The van der Waals surface area contributed by atoms with Crippen molar-refractivity contribution >= 4 is 0 Å². The predicted molar refractivity (Wildman–Crippen MR) is 74.2 cm³/mol. The Balaban J connectivity index is 3.54. The lowest BCUT2D eigenvalue weighted by atomic mass is 9.88. The van der Waals surface area contributed by atoms with Crippen molar-refractivity contribution in [2.75, 3.05) is 6.61 Å². The summed E-state index contributed by atoms with van der Waals surface area (Å²) in [5.74, 6) is 0. The molecule has 0 aromatic carbocycles. The van der Waals surface area contributed by atoms with Gasteiger partial charge in [0.1, 0.15) is 0 Å². The van der Waals surface area contributed by atoms with Crippen molar-refractivity contribution in [1.29, 1.82) is 0 Å². The molecular weight excluding hydrogens is 212 g/mol. The third-order valence-corrected chi connectivity index (χ3v) is 3.54. The normalized spacial score (nSPS) is 14.8. The Morgan fingerprint density at radius 1 is 0.706 bits per heavy atom. The van der Waals surface area contributed by atoms with Crippen LogP contribution in [0.2, 0.25) is 0 Å². The molecule has 0 bridgehead atoms. The molecule has 0 aliphatic rings. The summed E-state index contributed by atoms with van der Waals surface area (Å²) in [6.45, 7) is 4.43. The van der Waals surface area contributed by atoms with E-state index in [9.17, 15) is 5.11 Å². The molecule has 0 aromatic rings. The van der Waals surface area contributed by atoms with Gasteiger partial charge in [-0.1, -0.05) is 65.2 Å². The van der Waals surface area contributed by atoms with Crippen molar-refractivity contribution in [2.24, 2.45) is 0 Å². The minimum absolute atomic E-state index is 0.104. The Hall–Kier alpha value is -0.0800. The number of aliphatic hydroxyl groups is 2. The van der Waals surface area contributed by atoms with Crippen LogP contribution in [0.1, 0.15) is 84.5 Å². The quantitative estimate of drug-likeness (QED) is 0.509. The highest BCUT2D eigenvalue weighted by Gasteiger charge is 2.24. The van der Waals surface area contributed by atoms with Gasteiger partial charge in [-0.25, -0.2) is 0 Å². The van der Waals surface area contributed by atoms with Gasteiger partial charge in [-0.05, 0) is 19.3 Å². The lowest BCUT2D eigenvalue weighted by Crippen LogP contribution is -2.29. The van der Waals surface area contributed by atoms with Crippen molar-refractivity contribution in [3.05, 3.63) is 0 Å². The number of aliphatic hydroxyl groups excluding tert-OH is 1. The van der Waals surface area contributed by atoms with E-state index < -0.39 is 5.60 Å². The second-order valence-electron chi connectivity index (χ2n) is 5.32. The van der Waals surface area contributed by atoms with Crippen molar-refractivity contribution in [3.8, 4) is 0 Å². The summed E-state index contributed by atoms with van der Waals surface area (Å²) in [4.78, 5) is 0. The van der Waals surface area contributed by atoms with E-state index in [2.05, 4.69) is 13.8 Å². The summed E-state index contributed by atoms with van der Waals surface area (Å²) in [6.07, 6.45) is 12.2. The van der Waals surface area contributed by atoms with Gasteiger partial charge in [-0.2, -0.15) is 0 Å². The third-order valence-electron chi connectivity index (χ3n) is 3.54. The van der Waals surface area contributed by atoms with Gasteiger partial charge in [0.05, 0.1) is 5.60 Å². The maximum atomic E-state index is 10.3. The number of hydrogen-bond acceptors (Lipinski definition) is 2. The van der Waals surface area contributed by atoms with Gasteiger partial charge in [0, 0.05) is 6.61 Å². The van der Waals surface area contributed by atoms with Crippen LogP contribution in [0.25, 0.3) is 0 Å². The zero-order valence-corrected chi connectivity index (χ0v) is 11.9. The second kappa shape index (κ2) is 11.0. The SMILES string of the molecule is CCCCCCCCCC(O)(CCC)CCO. The fourth-order valence-electron chi connectivity index (χ4n) is 2.46. The summed E-state index contributed by atoms with van der Waals surface area (Å²) in [5.41, 5.74) is -0.604. The second-order valence-corrected chi connectivity index (χ2v) is 5.32. The van der Waals surface area contributed by atoms with E-state index in [0.717, 1.165) is 25.7 Å². The summed E-state index contributed by atoms with van der Waals surface area (Å²) >= 11 is 0. The number of rotatable bonds is 12. The van der Waals surface area contributed by atoms with E-state index in [1.54, 1.807) is 0 Å². The topological polar surface area (TPSA) is 40.5 Å². The molecule has 0 amide bonds.